The number of halogens is 2. The number of amidine groups is 1. The van der Waals surface area contributed by atoms with E-state index in [2.05, 4.69) is 32.9 Å². The molecule has 1 saturated heterocycles. The standard InChI is InChI=1S/C19H17FIN3O2S/c1-2-24-17(25)11-16(18(26)22-14-9-5-13(21)6-10-14)27-19(24)23-15-7-3-12(20)4-8-15/h3-10,16H,2,11H2,1H3,(H,22,26)/t16-/m1/s1. The molecule has 0 spiro atoms. The minimum atomic E-state index is -0.571. The molecule has 3 rings (SSSR count). The summed E-state index contributed by atoms with van der Waals surface area (Å²) < 4.78 is 14.2. The molecule has 0 aliphatic carbocycles. The number of rotatable bonds is 4. The number of hydrogen-bond donors (Lipinski definition) is 1. The second kappa shape index (κ2) is 8.83. The molecular weight excluding hydrogens is 480 g/mol. The van der Waals surface area contributed by atoms with Crippen molar-refractivity contribution in [3.8, 4) is 0 Å². The van der Waals surface area contributed by atoms with Gasteiger partial charge in [-0.05, 0) is 78.0 Å². The smallest absolute Gasteiger partial charge is 0.238 e. The molecule has 2 aromatic rings. The summed E-state index contributed by atoms with van der Waals surface area (Å²) in [5.41, 5.74) is 1.22. The van der Waals surface area contributed by atoms with Gasteiger partial charge in [0.05, 0.1) is 5.69 Å². The molecule has 0 bridgehead atoms. The highest BCUT2D eigenvalue weighted by Crippen LogP contribution is 2.29. The fourth-order valence-electron chi connectivity index (χ4n) is 2.53. The monoisotopic (exact) mass is 497 g/mol. The van der Waals surface area contributed by atoms with Crippen molar-refractivity contribution in [2.75, 3.05) is 11.9 Å². The number of nitrogens with zero attached hydrogens (tertiary/aromatic N) is 2. The highest BCUT2D eigenvalue weighted by molar-refractivity contribution is 14.1. The molecule has 1 heterocycles. The number of aliphatic imine (C=N–C) groups is 1. The molecule has 0 saturated carbocycles. The molecule has 0 radical (unpaired) electrons. The van der Waals surface area contributed by atoms with Crippen LogP contribution < -0.4 is 5.32 Å². The SMILES string of the molecule is CCN1C(=O)C[C@H](C(=O)Nc2ccc(I)cc2)SC1=Nc1ccc(F)cc1. The Balaban J connectivity index is 1.79. The van der Waals surface area contributed by atoms with Gasteiger partial charge in [-0.1, -0.05) is 11.8 Å². The molecule has 1 aliphatic heterocycles. The van der Waals surface area contributed by atoms with E-state index < -0.39 is 5.25 Å². The molecular formula is C19H17FIN3O2S. The van der Waals surface area contributed by atoms with E-state index in [-0.39, 0.29) is 24.1 Å². The predicted octanol–water partition coefficient (Wildman–Crippen LogP) is 4.41. The molecule has 1 N–H and O–H groups in total. The molecule has 2 aromatic carbocycles. The third-order valence-electron chi connectivity index (χ3n) is 3.91. The zero-order chi connectivity index (χ0) is 19.4. The Labute approximate surface area is 174 Å². The second-order valence-corrected chi connectivity index (χ2v) is 8.23. The van der Waals surface area contributed by atoms with Gasteiger partial charge in [0.2, 0.25) is 11.8 Å². The van der Waals surface area contributed by atoms with Gasteiger partial charge < -0.3 is 5.32 Å². The van der Waals surface area contributed by atoms with Crippen molar-refractivity contribution in [1.82, 2.24) is 4.90 Å². The van der Waals surface area contributed by atoms with Crippen molar-refractivity contribution in [2.24, 2.45) is 4.99 Å². The van der Waals surface area contributed by atoms with E-state index >= 15 is 0 Å². The lowest BCUT2D eigenvalue weighted by Gasteiger charge is -2.30. The summed E-state index contributed by atoms with van der Waals surface area (Å²) in [6.45, 7) is 2.31. The minimum absolute atomic E-state index is 0.108. The van der Waals surface area contributed by atoms with Crippen LogP contribution in [0.5, 0.6) is 0 Å². The molecule has 27 heavy (non-hydrogen) atoms. The number of carbonyl (C=O) groups is 2. The maximum atomic E-state index is 13.1. The van der Waals surface area contributed by atoms with Crippen LogP contribution in [0.4, 0.5) is 15.8 Å². The average Bonchev–Trinajstić information content (AvgIpc) is 2.65. The van der Waals surface area contributed by atoms with Crippen molar-refractivity contribution >= 4 is 62.7 Å². The Morgan fingerprint density at radius 3 is 2.56 bits per heavy atom. The van der Waals surface area contributed by atoms with E-state index in [1.165, 1.54) is 36.0 Å². The molecule has 1 fully saturated rings. The Hall–Kier alpha value is -1.94. The summed E-state index contributed by atoms with van der Waals surface area (Å²) in [7, 11) is 0. The van der Waals surface area contributed by atoms with Crippen molar-refractivity contribution < 1.29 is 14.0 Å². The zero-order valence-electron chi connectivity index (χ0n) is 14.5. The Morgan fingerprint density at radius 1 is 1.26 bits per heavy atom. The maximum Gasteiger partial charge on any atom is 0.238 e. The van der Waals surface area contributed by atoms with Gasteiger partial charge in [0, 0.05) is 22.2 Å². The molecule has 5 nitrogen and oxygen atoms in total. The van der Waals surface area contributed by atoms with Gasteiger partial charge in [-0.15, -0.1) is 0 Å². The first-order valence-electron chi connectivity index (χ1n) is 8.34. The lowest BCUT2D eigenvalue weighted by atomic mass is 10.2. The van der Waals surface area contributed by atoms with Crippen LogP contribution in [0, 0.1) is 9.39 Å². The molecule has 1 aliphatic rings. The third kappa shape index (κ3) is 5.07. The first kappa shape index (κ1) is 19.8. The molecule has 2 amide bonds. The number of hydrogen-bond acceptors (Lipinski definition) is 4. The van der Waals surface area contributed by atoms with Gasteiger partial charge in [-0.2, -0.15) is 0 Å². The lowest BCUT2D eigenvalue weighted by Crippen LogP contribution is -2.45. The van der Waals surface area contributed by atoms with Gasteiger partial charge >= 0.3 is 0 Å². The largest absolute Gasteiger partial charge is 0.325 e. The van der Waals surface area contributed by atoms with Gasteiger partial charge in [0.15, 0.2) is 5.17 Å². The van der Waals surface area contributed by atoms with E-state index in [4.69, 9.17) is 0 Å². The summed E-state index contributed by atoms with van der Waals surface area (Å²) in [6, 6.07) is 13.1. The van der Waals surface area contributed by atoms with E-state index in [9.17, 15) is 14.0 Å². The summed E-state index contributed by atoms with van der Waals surface area (Å²) in [6.07, 6.45) is 0.108. The van der Waals surface area contributed by atoms with Crippen molar-refractivity contribution in [3.05, 3.63) is 57.9 Å². The van der Waals surface area contributed by atoms with Crippen molar-refractivity contribution in [3.63, 3.8) is 0 Å². The molecule has 8 heteroatoms. The zero-order valence-corrected chi connectivity index (χ0v) is 17.5. The van der Waals surface area contributed by atoms with Gasteiger partial charge in [-0.25, -0.2) is 9.38 Å². The molecule has 140 valence electrons. The van der Waals surface area contributed by atoms with Crippen LogP contribution >= 0.6 is 34.4 Å². The number of carbonyl (C=O) groups excluding carboxylic acids is 2. The van der Waals surface area contributed by atoms with E-state index in [1.807, 2.05) is 31.2 Å². The third-order valence-corrected chi connectivity index (χ3v) is 5.82. The van der Waals surface area contributed by atoms with Crippen LogP contribution in [0.25, 0.3) is 0 Å². The molecule has 0 unspecified atom stereocenters. The van der Waals surface area contributed by atoms with Gasteiger partial charge in [0.25, 0.3) is 0 Å². The summed E-state index contributed by atoms with van der Waals surface area (Å²) in [5.74, 6) is -0.745. The average molecular weight is 497 g/mol. The highest BCUT2D eigenvalue weighted by Gasteiger charge is 2.35. The number of amides is 2. The number of thioether (sulfide) groups is 1. The topological polar surface area (TPSA) is 61.8 Å². The summed E-state index contributed by atoms with van der Waals surface area (Å²) in [4.78, 5) is 31.1. The van der Waals surface area contributed by atoms with Crippen LogP contribution in [0.1, 0.15) is 13.3 Å². The fraction of sp³-hybridized carbons (Fsp3) is 0.211. The number of benzene rings is 2. The van der Waals surface area contributed by atoms with Crippen LogP contribution in [0.15, 0.2) is 53.5 Å². The Kier molecular flexibility index (Phi) is 6.48. The number of anilines is 1. The maximum absolute atomic E-state index is 13.1. The van der Waals surface area contributed by atoms with Gasteiger partial charge in [-0.3, -0.25) is 14.5 Å². The summed E-state index contributed by atoms with van der Waals surface area (Å²) in [5, 5.41) is 2.72. The van der Waals surface area contributed by atoms with Crippen molar-refractivity contribution in [1.29, 1.82) is 0 Å². The highest BCUT2D eigenvalue weighted by atomic mass is 127. The lowest BCUT2D eigenvalue weighted by molar-refractivity contribution is -0.129. The first-order chi connectivity index (χ1) is 13.0. The second-order valence-electron chi connectivity index (χ2n) is 5.82. The predicted molar refractivity (Wildman–Crippen MR) is 115 cm³/mol. The Bertz CT molecular complexity index is 872. The van der Waals surface area contributed by atoms with Crippen LogP contribution in [-0.4, -0.2) is 33.7 Å². The van der Waals surface area contributed by atoms with Crippen LogP contribution in [0.3, 0.4) is 0 Å². The van der Waals surface area contributed by atoms with Crippen molar-refractivity contribution in [2.45, 2.75) is 18.6 Å². The van der Waals surface area contributed by atoms with E-state index in [0.29, 0.717) is 23.1 Å². The molecule has 1 atom stereocenters. The van der Waals surface area contributed by atoms with Crippen LogP contribution in [0.2, 0.25) is 0 Å². The normalized spacial score (nSPS) is 18.6. The first-order valence-corrected chi connectivity index (χ1v) is 10.3. The Morgan fingerprint density at radius 2 is 1.93 bits per heavy atom. The van der Waals surface area contributed by atoms with Gasteiger partial charge in [0.1, 0.15) is 11.1 Å². The van der Waals surface area contributed by atoms with E-state index in [1.54, 1.807) is 4.90 Å². The van der Waals surface area contributed by atoms with E-state index in [0.717, 1.165) is 3.57 Å². The van der Waals surface area contributed by atoms with Crippen LogP contribution in [-0.2, 0) is 9.59 Å². The number of nitrogens with one attached hydrogen (secondary N) is 1. The fourth-order valence-corrected chi connectivity index (χ4v) is 4.06. The minimum Gasteiger partial charge on any atom is -0.325 e. The molecule has 0 aromatic heterocycles. The summed E-state index contributed by atoms with van der Waals surface area (Å²) >= 11 is 3.44. The quantitative estimate of drug-likeness (QED) is 0.637.